The molecule has 0 fully saturated rings. The van der Waals surface area contributed by atoms with Gasteiger partial charge in [-0.25, -0.2) is 13.2 Å². The van der Waals surface area contributed by atoms with Crippen LogP contribution >= 0.6 is 0 Å². The molecule has 0 saturated carbocycles. The Bertz CT molecular complexity index is 620. The van der Waals surface area contributed by atoms with Crippen molar-refractivity contribution in [1.29, 1.82) is 0 Å². The van der Waals surface area contributed by atoms with E-state index in [9.17, 15) is 13.2 Å². The van der Waals surface area contributed by atoms with Crippen molar-refractivity contribution in [3.05, 3.63) is 65.0 Å². The summed E-state index contributed by atoms with van der Waals surface area (Å²) in [6.07, 6.45) is -0.110. The Morgan fingerprint density at radius 3 is 2.14 bits per heavy atom. The maximum absolute atomic E-state index is 13.8. The molecule has 0 saturated heterocycles. The largest absolute Gasteiger partial charge is 0.491 e. The summed E-state index contributed by atoms with van der Waals surface area (Å²) in [6, 6.07) is 6.89. The molecule has 0 radical (unpaired) electrons. The highest BCUT2D eigenvalue weighted by atomic mass is 19.1. The van der Waals surface area contributed by atoms with Gasteiger partial charge < -0.3 is 10.5 Å². The molecule has 0 aromatic heterocycles. The topological polar surface area (TPSA) is 35.2 Å². The third-order valence-corrected chi connectivity index (χ3v) is 2.97. The van der Waals surface area contributed by atoms with E-state index >= 15 is 0 Å². The molecular formula is C16H16F3NO. The average molecular weight is 295 g/mol. The molecule has 2 nitrogen and oxygen atoms in total. The minimum Gasteiger partial charge on any atom is -0.491 e. The van der Waals surface area contributed by atoms with Crippen LogP contribution in [0.1, 0.15) is 31.0 Å². The SMILES string of the molecule is CC(C)Oc1ccccc1C(N)c1c(F)cc(F)cc1F. The van der Waals surface area contributed by atoms with Crippen LogP contribution in [-0.2, 0) is 0 Å². The molecule has 112 valence electrons. The number of para-hydroxylation sites is 1. The molecule has 1 atom stereocenters. The minimum absolute atomic E-state index is 0.110. The first-order chi connectivity index (χ1) is 9.90. The van der Waals surface area contributed by atoms with Gasteiger partial charge in [0.2, 0.25) is 0 Å². The summed E-state index contributed by atoms with van der Waals surface area (Å²) >= 11 is 0. The van der Waals surface area contributed by atoms with Crippen LogP contribution in [-0.4, -0.2) is 6.10 Å². The maximum atomic E-state index is 13.8. The summed E-state index contributed by atoms with van der Waals surface area (Å²) in [4.78, 5) is 0. The summed E-state index contributed by atoms with van der Waals surface area (Å²) in [5.74, 6) is -2.56. The molecule has 2 N–H and O–H groups in total. The van der Waals surface area contributed by atoms with Crippen LogP contribution in [0.4, 0.5) is 13.2 Å². The van der Waals surface area contributed by atoms with Crippen molar-refractivity contribution in [2.24, 2.45) is 5.73 Å². The lowest BCUT2D eigenvalue weighted by Gasteiger charge is -2.19. The molecule has 0 aliphatic rings. The molecule has 21 heavy (non-hydrogen) atoms. The monoisotopic (exact) mass is 295 g/mol. The van der Waals surface area contributed by atoms with Crippen molar-refractivity contribution in [2.75, 3.05) is 0 Å². The van der Waals surface area contributed by atoms with Crippen molar-refractivity contribution < 1.29 is 17.9 Å². The second-order valence-corrected chi connectivity index (χ2v) is 4.97. The predicted molar refractivity (Wildman–Crippen MR) is 74.6 cm³/mol. The number of benzene rings is 2. The highest BCUT2D eigenvalue weighted by Crippen LogP contribution is 2.31. The molecule has 1 unspecified atom stereocenters. The van der Waals surface area contributed by atoms with Gasteiger partial charge in [-0.1, -0.05) is 18.2 Å². The molecule has 0 bridgehead atoms. The van der Waals surface area contributed by atoms with Crippen LogP contribution in [0.25, 0.3) is 0 Å². The lowest BCUT2D eigenvalue weighted by molar-refractivity contribution is 0.239. The third kappa shape index (κ3) is 3.36. The normalized spacial score (nSPS) is 12.5. The molecule has 5 heteroatoms. The van der Waals surface area contributed by atoms with Gasteiger partial charge in [-0.3, -0.25) is 0 Å². The van der Waals surface area contributed by atoms with Crippen molar-refractivity contribution in [3.8, 4) is 5.75 Å². The molecule has 0 heterocycles. The Labute approximate surface area is 121 Å². The molecule has 0 spiro atoms. The molecule has 0 aliphatic heterocycles. The fraction of sp³-hybridized carbons (Fsp3) is 0.250. The van der Waals surface area contributed by atoms with E-state index in [1.807, 2.05) is 13.8 Å². The molecule has 2 aromatic rings. The predicted octanol–water partition coefficient (Wildman–Crippen LogP) is 3.94. The van der Waals surface area contributed by atoms with Gasteiger partial charge in [-0.05, 0) is 19.9 Å². The Balaban J connectivity index is 2.48. The van der Waals surface area contributed by atoms with Gasteiger partial charge in [0.25, 0.3) is 0 Å². The number of hydrogen-bond acceptors (Lipinski definition) is 2. The number of nitrogens with two attached hydrogens (primary N) is 1. The third-order valence-electron chi connectivity index (χ3n) is 2.97. The van der Waals surface area contributed by atoms with E-state index in [4.69, 9.17) is 10.5 Å². The second-order valence-electron chi connectivity index (χ2n) is 4.97. The van der Waals surface area contributed by atoms with Gasteiger partial charge in [-0.2, -0.15) is 0 Å². The van der Waals surface area contributed by atoms with E-state index < -0.39 is 23.5 Å². The highest BCUT2D eigenvalue weighted by molar-refractivity contribution is 5.42. The van der Waals surface area contributed by atoms with Crippen LogP contribution in [0.15, 0.2) is 36.4 Å². The number of halogens is 3. The van der Waals surface area contributed by atoms with Crippen LogP contribution in [0, 0.1) is 17.5 Å². The summed E-state index contributed by atoms with van der Waals surface area (Å²) in [7, 11) is 0. The van der Waals surface area contributed by atoms with Gasteiger partial charge in [-0.15, -0.1) is 0 Å². The van der Waals surface area contributed by atoms with Gasteiger partial charge >= 0.3 is 0 Å². The minimum atomic E-state index is -1.08. The summed E-state index contributed by atoms with van der Waals surface area (Å²) in [5.41, 5.74) is 6.02. The summed E-state index contributed by atoms with van der Waals surface area (Å²) < 4.78 is 46.3. The van der Waals surface area contributed by atoms with E-state index in [-0.39, 0.29) is 11.7 Å². The van der Waals surface area contributed by atoms with Crippen LogP contribution in [0.5, 0.6) is 5.75 Å². The second kappa shape index (κ2) is 6.18. The van der Waals surface area contributed by atoms with E-state index in [0.717, 1.165) is 0 Å². The van der Waals surface area contributed by atoms with Gasteiger partial charge in [0, 0.05) is 23.3 Å². The van der Waals surface area contributed by atoms with Crippen LogP contribution < -0.4 is 10.5 Å². The van der Waals surface area contributed by atoms with Crippen molar-refractivity contribution >= 4 is 0 Å². The maximum Gasteiger partial charge on any atom is 0.134 e. The number of rotatable bonds is 4. The number of ether oxygens (including phenoxy) is 1. The fourth-order valence-corrected chi connectivity index (χ4v) is 2.10. The van der Waals surface area contributed by atoms with Crippen LogP contribution in [0.3, 0.4) is 0 Å². The standard InChI is InChI=1S/C16H16F3NO/c1-9(2)21-14-6-4-3-5-11(14)16(20)15-12(18)7-10(17)8-13(15)19/h3-9,16H,20H2,1-2H3. The zero-order valence-electron chi connectivity index (χ0n) is 11.7. The highest BCUT2D eigenvalue weighted by Gasteiger charge is 2.22. The van der Waals surface area contributed by atoms with Crippen molar-refractivity contribution in [1.82, 2.24) is 0 Å². The van der Waals surface area contributed by atoms with Crippen LogP contribution in [0.2, 0.25) is 0 Å². The molecule has 2 rings (SSSR count). The Morgan fingerprint density at radius 1 is 1.00 bits per heavy atom. The molecular weight excluding hydrogens is 279 g/mol. The van der Waals surface area contributed by atoms with E-state index in [0.29, 0.717) is 23.4 Å². The van der Waals surface area contributed by atoms with E-state index in [2.05, 4.69) is 0 Å². The van der Waals surface area contributed by atoms with Gasteiger partial charge in [0.15, 0.2) is 0 Å². The zero-order chi connectivity index (χ0) is 15.6. The average Bonchev–Trinajstić information content (AvgIpc) is 2.37. The lowest BCUT2D eigenvalue weighted by atomic mass is 9.97. The fourth-order valence-electron chi connectivity index (χ4n) is 2.10. The summed E-state index contributed by atoms with van der Waals surface area (Å²) in [5, 5.41) is 0. The van der Waals surface area contributed by atoms with E-state index in [1.54, 1.807) is 24.3 Å². The summed E-state index contributed by atoms with van der Waals surface area (Å²) in [6.45, 7) is 3.67. The molecule has 0 amide bonds. The Kier molecular flexibility index (Phi) is 4.53. The lowest BCUT2D eigenvalue weighted by Crippen LogP contribution is -2.18. The van der Waals surface area contributed by atoms with Gasteiger partial charge in [0.1, 0.15) is 23.2 Å². The van der Waals surface area contributed by atoms with E-state index in [1.165, 1.54) is 0 Å². The zero-order valence-corrected chi connectivity index (χ0v) is 11.7. The Morgan fingerprint density at radius 2 is 1.57 bits per heavy atom. The Hall–Kier alpha value is -2.01. The van der Waals surface area contributed by atoms with Crippen molar-refractivity contribution in [2.45, 2.75) is 26.0 Å². The first kappa shape index (κ1) is 15.4. The smallest absolute Gasteiger partial charge is 0.134 e. The van der Waals surface area contributed by atoms with Crippen molar-refractivity contribution in [3.63, 3.8) is 0 Å². The van der Waals surface area contributed by atoms with Gasteiger partial charge in [0.05, 0.1) is 12.1 Å². The quantitative estimate of drug-likeness (QED) is 0.927. The number of hydrogen-bond donors (Lipinski definition) is 1. The molecule has 0 aliphatic carbocycles. The first-order valence-electron chi connectivity index (χ1n) is 6.55. The molecule has 2 aromatic carbocycles. The first-order valence-corrected chi connectivity index (χ1v) is 6.55.